The molecule has 0 radical (unpaired) electrons. The van der Waals surface area contributed by atoms with E-state index in [0.717, 1.165) is 11.3 Å². The van der Waals surface area contributed by atoms with Crippen LogP contribution in [0.25, 0.3) is 6.08 Å². The Labute approximate surface area is 140 Å². The number of para-hydroxylation sites is 2. The van der Waals surface area contributed by atoms with Gasteiger partial charge in [-0.3, -0.25) is 5.43 Å². The van der Waals surface area contributed by atoms with Crippen molar-refractivity contribution in [3.8, 4) is 5.75 Å². The Morgan fingerprint density at radius 1 is 1.21 bits per heavy atom. The van der Waals surface area contributed by atoms with Crippen molar-refractivity contribution in [1.29, 1.82) is 0 Å². The van der Waals surface area contributed by atoms with E-state index in [1.807, 2.05) is 60.7 Å². The Kier molecular flexibility index (Phi) is 4.91. The zero-order chi connectivity index (χ0) is 16.8. The van der Waals surface area contributed by atoms with Gasteiger partial charge < -0.3 is 9.47 Å². The van der Waals surface area contributed by atoms with Gasteiger partial charge in [-0.1, -0.05) is 36.4 Å². The lowest BCUT2D eigenvalue weighted by molar-refractivity contribution is -0.149. The Morgan fingerprint density at radius 3 is 2.75 bits per heavy atom. The number of carbonyl (C=O) groups excluding carboxylic acids is 1. The van der Waals surface area contributed by atoms with E-state index >= 15 is 0 Å². The molecule has 2 aromatic carbocycles. The Morgan fingerprint density at radius 2 is 1.96 bits per heavy atom. The number of nitrogens with one attached hydrogen (secondary N) is 1. The lowest BCUT2D eigenvalue weighted by atomic mass is 10.0. The van der Waals surface area contributed by atoms with Crippen LogP contribution in [0, 0.1) is 0 Å². The smallest absolute Gasteiger partial charge is 0.352 e. The van der Waals surface area contributed by atoms with Crippen molar-refractivity contribution in [3.05, 3.63) is 65.7 Å². The Hall–Kier alpha value is -3.08. The highest BCUT2D eigenvalue weighted by atomic mass is 16.6. The van der Waals surface area contributed by atoms with Crippen molar-refractivity contribution in [3.63, 3.8) is 0 Å². The SMILES string of the molecule is CCOC(=O)C1Oc2ccccc2C=C1/C=N/Nc1ccccc1. The predicted octanol–water partition coefficient (Wildman–Crippen LogP) is 3.49. The maximum absolute atomic E-state index is 12.2. The molecule has 5 nitrogen and oxygen atoms in total. The summed E-state index contributed by atoms with van der Waals surface area (Å²) in [5.41, 5.74) is 5.33. The molecule has 1 aliphatic heterocycles. The molecule has 24 heavy (non-hydrogen) atoms. The second-order valence-corrected chi connectivity index (χ2v) is 5.17. The summed E-state index contributed by atoms with van der Waals surface area (Å²) >= 11 is 0. The third kappa shape index (κ3) is 3.63. The number of carbonyl (C=O) groups is 1. The molecular formula is C19H18N2O3. The van der Waals surface area contributed by atoms with Gasteiger partial charge in [-0.25, -0.2) is 4.79 Å². The number of fused-ring (bicyclic) bond motifs is 1. The van der Waals surface area contributed by atoms with Gasteiger partial charge in [0.25, 0.3) is 0 Å². The Balaban J connectivity index is 1.83. The fourth-order valence-corrected chi connectivity index (χ4v) is 2.36. The summed E-state index contributed by atoms with van der Waals surface area (Å²) in [5.74, 6) is 0.230. The van der Waals surface area contributed by atoms with Crippen molar-refractivity contribution in [2.24, 2.45) is 5.10 Å². The molecule has 1 N–H and O–H groups in total. The van der Waals surface area contributed by atoms with Crippen LogP contribution < -0.4 is 10.2 Å². The molecule has 1 unspecified atom stereocenters. The highest BCUT2D eigenvalue weighted by Gasteiger charge is 2.29. The average Bonchev–Trinajstić information content (AvgIpc) is 2.62. The van der Waals surface area contributed by atoms with Crippen LogP contribution in [0.15, 0.2) is 65.3 Å². The van der Waals surface area contributed by atoms with Crippen LogP contribution in [-0.4, -0.2) is 24.9 Å². The quantitative estimate of drug-likeness (QED) is 0.520. The summed E-state index contributed by atoms with van der Waals surface area (Å²) in [6.07, 6.45) is 2.65. The second kappa shape index (κ2) is 7.46. The van der Waals surface area contributed by atoms with Gasteiger partial charge in [0, 0.05) is 11.1 Å². The van der Waals surface area contributed by atoms with Gasteiger partial charge in [-0.2, -0.15) is 5.10 Å². The maximum Gasteiger partial charge on any atom is 0.352 e. The van der Waals surface area contributed by atoms with Crippen molar-refractivity contribution in [2.75, 3.05) is 12.0 Å². The summed E-state index contributed by atoms with van der Waals surface area (Å²) in [6.45, 7) is 2.07. The van der Waals surface area contributed by atoms with Crippen LogP contribution in [0.3, 0.4) is 0 Å². The summed E-state index contributed by atoms with van der Waals surface area (Å²) in [6, 6.07) is 17.1. The molecule has 5 heteroatoms. The van der Waals surface area contributed by atoms with Gasteiger partial charge in [0.15, 0.2) is 0 Å². The number of esters is 1. The largest absolute Gasteiger partial charge is 0.473 e. The van der Waals surface area contributed by atoms with Crippen LogP contribution in [0.2, 0.25) is 0 Å². The lowest BCUT2D eigenvalue weighted by Crippen LogP contribution is -2.34. The van der Waals surface area contributed by atoms with Crippen molar-refractivity contribution in [1.82, 2.24) is 0 Å². The number of rotatable bonds is 5. The van der Waals surface area contributed by atoms with Crippen molar-refractivity contribution >= 4 is 23.9 Å². The molecule has 1 aliphatic rings. The minimum Gasteiger partial charge on any atom is -0.473 e. The van der Waals surface area contributed by atoms with Gasteiger partial charge >= 0.3 is 5.97 Å². The normalized spacial score (nSPS) is 16.0. The van der Waals surface area contributed by atoms with Gasteiger partial charge in [0.1, 0.15) is 5.75 Å². The summed E-state index contributed by atoms with van der Waals surface area (Å²) in [4.78, 5) is 12.2. The molecule has 0 spiro atoms. The molecule has 0 aromatic heterocycles. The molecule has 2 aromatic rings. The highest BCUT2D eigenvalue weighted by Crippen LogP contribution is 2.29. The van der Waals surface area contributed by atoms with E-state index in [-0.39, 0.29) is 0 Å². The van der Waals surface area contributed by atoms with Crippen molar-refractivity contribution in [2.45, 2.75) is 13.0 Å². The molecule has 1 atom stereocenters. The number of benzene rings is 2. The van der Waals surface area contributed by atoms with E-state index in [1.54, 1.807) is 13.1 Å². The van der Waals surface area contributed by atoms with Crippen molar-refractivity contribution < 1.29 is 14.3 Å². The first-order valence-electron chi connectivity index (χ1n) is 7.76. The predicted molar refractivity (Wildman–Crippen MR) is 94.0 cm³/mol. The number of hydrogen-bond acceptors (Lipinski definition) is 5. The molecule has 0 saturated carbocycles. The number of hydrogen-bond donors (Lipinski definition) is 1. The molecular weight excluding hydrogens is 304 g/mol. The number of nitrogens with zero attached hydrogens (tertiary/aromatic N) is 1. The van der Waals surface area contributed by atoms with Crippen LogP contribution in [0.4, 0.5) is 5.69 Å². The van der Waals surface area contributed by atoms with Gasteiger partial charge in [0.05, 0.1) is 18.5 Å². The Bertz CT molecular complexity index is 769. The average molecular weight is 322 g/mol. The van der Waals surface area contributed by atoms with Crippen LogP contribution in [-0.2, 0) is 9.53 Å². The van der Waals surface area contributed by atoms with E-state index < -0.39 is 12.1 Å². The fraction of sp³-hybridized carbons (Fsp3) is 0.158. The molecule has 1 heterocycles. The summed E-state index contributed by atoms with van der Waals surface area (Å²) in [7, 11) is 0. The van der Waals surface area contributed by atoms with Crippen LogP contribution in [0.1, 0.15) is 12.5 Å². The second-order valence-electron chi connectivity index (χ2n) is 5.17. The molecule has 122 valence electrons. The van der Waals surface area contributed by atoms with Gasteiger partial charge in [-0.15, -0.1) is 0 Å². The number of ether oxygens (including phenoxy) is 2. The van der Waals surface area contributed by atoms with E-state index in [1.165, 1.54) is 0 Å². The lowest BCUT2D eigenvalue weighted by Gasteiger charge is -2.23. The number of hydrazone groups is 1. The highest BCUT2D eigenvalue weighted by molar-refractivity contribution is 5.97. The summed E-state index contributed by atoms with van der Waals surface area (Å²) < 4.78 is 10.9. The third-order valence-electron chi connectivity index (χ3n) is 3.47. The molecule has 0 bridgehead atoms. The topological polar surface area (TPSA) is 59.9 Å². The van der Waals surface area contributed by atoms with E-state index in [4.69, 9.17) is 9.47 Å². The van der Waals surface area contributed by atoms with E-state index in [0.29, 0.717) is 17.9 Å². The zero-order valence-corrected chi connectivity index (χ0v) is 13.3. The van der Waals surface area contributed by atoms with Crippen LogP contribution in [0.5, 0.6) is 5.75 Å². The monoisotopic (exact) mass is 322 g/mol. The first-order chi connectivity index (χ1) is 11.8. The van der Waals surface area contributed by atoms with Crippen LogP contribution >= 0.6 is 0 Å². The zero-order valence-electron chi connectivity index (χ0n) is 13.3. The first kappa shape index (κ1) is 15.8. The maximum atomic E-state index is 12.2. The first-order valence-corrected chi connectivity index (χ1v) is 7.76. The van der Waals surface area contributed by atoms with E-state index in [2.05, 4.69) is 10.5 Å². The van der Waals surface area contributed by atoms with E-state index in [9.17, 15) is 4.79 Å². The summed E-state index contributed by atoms with van der Waals surface area (Å²) in [5, 5.41) is 4.20. The number of anilines is 1. The minimum atomic E-state index is -0.818. The fourth-order valence-electron chi connectivity index (χ4n) is 2.36. The minimum absolute atomic E-state index is 0.299. The van der Waals surface area contributed by atoms with Gasteiger partial charge in [-0.05, 0) is 31.2 Å². The molecule has 0 fully saturated rings. The molecule has 0 aliphatic carbocycles. The standard InChI is InChI=1S/C19H18N2O3/c1-2-23-19(22)18-15(12-14-8-6-7-11-17(14)24-18)13-20-21-16-9-4-3-5-10-16/h3-13,18,21H,2H2,1H3/b20-13+. The molecule has 0 saturated heterocycles. The molecule has 0 amide bonds. The third-order valence-corrected chi connectivity index (χ3v) is 3.47. The molecule has 3 rings (SSSR count). The van der Waals surface area contributed by atoms with Gasteiger partial charge in [0.2, 0.25) is 6.10 Å².